The minimum absolute atomic E-state index is 0.0416. The molecule has 0 radical (unpaired) electrons. The van der Waals surface area contributed by atoms with Crippen LogP contribution in [0.4, 0.5) is 8.78 Å². The van der Waals surface area contributed by atoms with Crippen molar-refractivity contribution in [2.24, 2.45) is 0 Å². The highest BCUT2D eigenvalue weighted by Crippen LogP contribution is 2.32. The average molecular weight is 374 g/mol. The first-order valence-corrected chi connectivity index (χ1v) is 8.55. The molecule has 0 fully saturated rings. The van der Waals surface area contributed by atoms with Gasteiger partial charge in [0.2, 0.25) is 0 Å². The second-order valence-electron chi connectivity index (χ2n) is 5.00. The molecule has 2 aromatic rings. The smallest absolute Gasteiger partial charge is 0.129 e. The predicted molar refractivity (Wildman–Crippen MR) is 87.9 cm³/mol. The van der Waals surface area contributed by atoms with Crippen LogP contribution in [-0.2, 0) is 6.42 Å². The molecular weight excluding hydrogens is 356 g/mol. The van der Waals surface area contributed by atoms with Gasteiger partial charge in [0, 0.05) is 26.3 Å². The van der Waals surface area contributed by atoms with Gasteiger partial charge in [-0.15, -0.1) is 11.3 Å². The molecule has 1 aromatic carbocycles. The first-order valence-electron chi connectivity index (χ1n) is 6.94. The third-order valence-corrected chi connectivity index (χ3v) is 5.55. The van der Waals surface area contributed by atoms with E-state index in [0.29, 0.717) is 12.0 Å². The lowest BCUT2D eigenvalue weighted by Gasteiger charge is -2.17. The van der Waals surface area contributed by atoms with E-state index in [2.05, 4.69) is 34.2 Å². The maximum atomic E-state index is 13.9. The zero-order chi connectivity index (χ0) is 15.4. The Morgan fingerprint density at radius 2 is 2.05 bits per heavy atom. The van der Waals surface area contributed by atoms with E-state index in [1.165, 1.54) is 17.0 Å². The third-order valence-electron chi connectivity index (χ3n) is 3.30. The second kappa shape index (κ2) is 7.47. The summed E-state index contributed by atoms with van der Waals surface area (Å²) in [5.41, 5.74) is 0.534. The fourth-order valence-corrected chi connectivity index (χ4v) is 3.79. The molecule has 1 atom stereocenters. The Bertz CT molecular complexity index is 593. The van der Waals surface area contributed by atoms with Crippen molar-refractivity contribution in [3.8, 4) is 0 Å². The molecule has 5 heteroatoms. The number of nitrogens with one attached hydrogen (secondary N) is 1. The van der Waals surface area contributed by atoms with Gasteiger partial charge in [-0.2, -0.15) is 0 Å². The molecule has 1 nitrogen and oxygen atoms in total. The third kappa shape index (κ3) is 4.34. The Labute approximate surface area is 136 Å². The Morgan fingerprint density at radius 1 is 1.29 bits per heavy atom. The average Bonchev–Trinajstić information content (AvgIpc) is 2.77. The summed E-state index contributed by atoms with van der Waals surface area (Å²) >= 11 is 5.22. The Morgan fingerprint density at radius 3 is 2.62 bits per heavy atom. The Balaban J connectivity index is 2.23. The van der Waals surface area contributed by atoms with Gasteiger partial charge in [0.15, 0.2) is 0 Å². The Kier molecular flexibility index (Phi) is 5.90. The van der Waals surface area contributed by atoms with Gasteiger partial charge in [-0.25, -0.2) is 8.78 Å². The number of rotatable bonds is 6. The van der Waals surface area contributed by atoms with Crippen LogP contribution in [0.3, 0.4) is 0 Å². The molecule has 1 heterocycles. The van der Waals surface area contributed by atoms with Gasteiger partial charge in [0.25, 0.3) is 0 Å². The van der Waals surface area contributed by atoms with E-state index in [1.807, 2.05) is 6.92 Å². The van der Waals surface area contributed by atoms with E-state index in [4.69, 9.17) is 0 Å². The lowest BCUT2D eigenvalue weighted by Crippen LogP contribution is -2.23. The molecule has 1 unspecified atom stereocenters. The number of hydrogen-bond donors (Lipinski definition) is 1. The summed E-state index contributed by atoms with van der Waals surface area (Å²) in [6.45, 7) is 5.01. The molecule has 0 bridgehead atoms. The van der Waals surface area contributed by atoms with Crippen molar-refractivity contribution in [1.29, 1.82) is 0 Å². The second-order valence-corrected chi connectivity index (χ2v) is 7.14. The first kappa shape index (κ1) is 16.6. The number of halogens is 3. The van der Waals surface area contributed by atoms with Gasteiger partial charge in [0.1, 0.15) is 11.6 Å². The van der Waals surface area contributed by atoms with E-state index >= 15 is 0 Å². The fraction of sp³-hybridized carbons (Fsp3) is 0.375. The molecule has 0 spiro atoms. The molecule has 0 aliphatic heterocycles. The summed E-state index contributed by atoms with van der Waals surface area (Å²) in [6, 6.07) is 5.90. The van der Waals surface area contributed by atoms with E-state index in [-0.39, 0.29) is 6.04 Å². The molecule has 21 heavy (non-hydrogen) atoms. The SMILES string of the molecule is CCCNC(Cc1ccc(F)cc1F)c1cc(Br)c(C)s1. The molecule has 114 valence electrons. The van der Waals surface area contributed by atoms with Crippen LogP contribution in [0.5, 0.6) is 0 Å². The van der Waals surface area contributed by atoms with Gasteiger partial charge in [0.05, 0.1) is 0 Å². The summed E-state index contributed by atoms with van der Waals surface area (Å²) in [6.07, 6.45) is 1.52. The van der Waals surface area contributed by atoms with Crippen LogP contribution in [0, 0.1) is 18.6 Å². The lowest BCUT2D eigenvalue weighted by atomic mass is 10.0. The minimum atomic E-state index is -0.538. The van der Waals surface area contributed by atoms with Gasteiger partial charge < -0.3 is 5.32 Å². The summed E-state index contributed by atoms with van der Waals surface area (Å²) in [5, 5.41) is 3.45. The molecule has 1 aromatic heterocycles. The van der Waals surface area contributed by atoms with Crippen LogP contribution >= 0.6 is 27.3 Å². The van der Waals surface area contributed by atoms with Crippen LogP contribution in [0.2, 0.25) is 0 Å². The standard InChI is InChI=1S/C16H18BrF2NS/c1-3-6-20-15(16-9-13(17)10(2)21-16)7-11-4-5-12(18)8-14(11)19/h4-5,8-9,15,20H,3,6-7H2,1-2H3. The molecule has 1 N–H and O–H groups in total. The van der Waals surface area contributed by atoms with Crippen LogP contribution in [0.15, 0.2) is 28.7 Å². The van der Waals surface area contributed by atoms with Crippen molar-refractivity contribution in [3.05, 3.63) is 55.7 Å². The van der Waals surface area contributed by atoms with E-state index in [0.717, 1.165) is 28.4 Å². The summed E-state index contributed by atoms with van der Waals surface area (Å²) in [4.78, 5) is 2.37. The number of benzene rings is 1. The highest BCUT2D eigenvalue weighted by atomic mass is 79.9. The molecule has 0 amide bonds. The fourth-order valence-electron chi connectivity index (χ4n) is 2.15. The van der Waals surface area contributed by atoms with Gasteiger partial charge in [-0.3, -0.25) is 0 Å². The zero-order valence-corrected chi connectivity index (χ0v) is 14.5. The zero-order valence-electron chi connectivity index (χ0n) is 12.1. The first-order chi connectivity index (χ1) is 10.0. The minimum Gasteiger partial charge on any atom is -0.309 e. The van der Waals surface area contributed by atoms with Crippen molar-refractivity contribution in [2.75, 3.05) is 6.54 Å². The molecular formula is C16H18BrF2NS. The number of thiophene rings is 1. The Hall–Kier alpha value is -0.780. The van der Waals surface area contributed by atoms with Gasteiger partial charge >= 0.3 is 0 Å². The molecule has 0 aliphatic rings. The molecule has 0 aliphatic carbocycles. The highest BCUT2D eigenvalue weighted by molar-refractivity contribution is 9.10. The lowest BCUT2D eigenvalue weighted by molar-refractivity contribution is 0.513. The van der Waals surface area contributed by atoms with Crippen LogP contribution in [0.1, 0.15) is 34.7 Å². The maximum Gasteiger partial charge on any atom is 0.129 e. The molecule has 0 saturated carbocycles. The van der Waals surface area contributed by atoms with Crippen LogP contribution < -0.4 is 5.32 Å². The van der Waals surface area contributed by atoms with Crippen molar-refractivity contribution >= 4 is 27.3 Å². The van der Waals surface area contributed by atoms with E-state index < -0.39 is 11.6 Å². The topological polar surface area (TPSA) is 12.0 Å². The monoisotopic (exact) mass is 373 g/mol. The van der Waals surface area contributed by atoms with Crippen molar-refractivity contribution in [1.82, 2.24) is 5.32 Å². The van der Waals surface area contributed by atoms with Crippen molar-refractivity contribution < 1.29 is 8.78 Å². The van der Waals surface area contributed by atoms with E-state index in [9.17, 15) is 8.78 Å². The largest absolute Gasteiger partial charge is 0.309 e. The molecule has 2 rings (SSSR count). The quantitative estimate of drug-likeness (QED) is 0.716. The summed E-state index contributed by atoms with van der Waals surface area (Å²) < 4.78 is 27.9. The van der Waals surface area contributed by atoms with Crippen LogP contribution in [0.25, 0.3) is 0 Å². The summed E-state index contributed by atoms with van der Waals surface area (Å²) in [7, 11) is 0. The normalized spacial score (nSPS) is 12.6. The van der Waals surface area contributed by atoms with Crippen LogP contribution in [-0.4, -0.2) is 6.54 Å². The van der Waals surface area contributed by atoms with Crippen molar-refractivity contribution in [2.45, 2.75) is 32.7 Å². The number of hydrogen-bond acceptors (Lipinski definition) is 2. The van der Waals surface area contributed by atoms with Gasteiger partial charge in [-0.05, 0) is 59.9 Å². The maximum absolute atomic E-state index is 13.9. The van der Waals surface area contributed by atoms with Crippen molar-refractivity contribution in [3.63, 3.8) is 0 Å². The van der Waals surface area contributed by atoms with E-state index in [1.54, 1.807) is 11.3 Å². The molecule has 0 saturated heterocycles. The predicted octanol–water partition coefficient (Wildman–Crippen LogP) is 5.38. The summed E-state index contributed by atoms with van der Waals surface area (Å²) in [5.74, 6) is -1.02. The van der Waals surface area contributed by atoms with Gasteiger partial charge in [-0.1, -0.05) is 13.0 Å². The highest BCUT2D eigenvalue weighted by Gasteiger charge is 2.17. The number of aryl methyl sites for hydroxylation is 1.